The number of nitrogens with one attached hydrogen (secondary N) is 1. The number of hydrogen-bond donors (Lipinski definition) is 1. The molecular weight excluding hydrogens is 480 g/mol. The van der Waals surface area contributed by atoms with Crippen molar-refractivity contribution in [3.8, 4) is 11.4 Å². The van der Waals surface area contributed by atoms with Crippen molar-refractivity contribution in [2.75, 3.05) is 20.0 Å². The van der Waals surface area contributed by atoms with Crippen LogP contribution in [0.3, 0.4) is 0 Å². The van der Waals surface area contributed by atoms with Gasteiger partial charge in [0.1, 0.15) is 5.75 Å². The molecule has 0 atom stereocenters. The number of aromatic nitrogens is 2. The zero-order chi connectivity index (χ0) is 25.5. The minimum Gasteiger partial charge on any atom is -0.497 e. The Balaban J connectivity index is 1.50. The first-order valence-electron chi connectivity index (χ1n) is 10.8. The van der Waals surface area contributed by atoms with Crippen molar-refractivity contribution in [2.45, 2.75) is 5.16 Å². The molecule has 4 rings (SSSR count). The predicted octanol–water partition coefficient (Wildman–Crippen LogP) is 3.42. The number of para-hydroxylation sites is 1. The van der Waals surface area contributed by atoms with Gasteiger partial charge in [-0.1, -0.05) is 36.0 Å². The Bertz CT molecular complexity index is 1480. The number of ether oxygens (including phenoxy) is 2. The molecule has 4 aromatic rings. The van der Waals surface area contributed by atoms with Crippen LogP contribution in [0, 0.1) is 0 Å². The first-order chi connectivity index (χ1) is 17.5. The van der Waals surface area contributed by atoms with Crippen LogP contribution < -0.4 is 15.7 Å². The first-order valence-corrected chi connectivity index (χ1v) is 11.8. The number of fused-ring (bicyclic) bond motifs is 1. The molecule has 0 aliphatic carbocycles. The topological polar surface area (TPSA) is 112 Å². The second-order valence-electron chi connectivity index (χ2n) is 7.45. The Kier molecular flexibility index (Phi) is 7.76. The zero-order valence-corrected chi connectivity index (χ0v) is 20.3. The van der Waals surface area contributed by atoms with E-state index < -0.39 is 5.97 Å². The molecule has 0 aliphatic rings. The summed E-state index contributed by atoms with van der Waals surface area (Å²) in [6, 6.07) is 20.7. The molecule has 10 heteroatoms. The van der Waals surface area contributed by atoms with Crippen molar-refractivity contribution in [1.29, 1.82) is 0 Å². The van der Waals surface area contributed by atoms with E-state index in [9.17, 15) is 14.4 Å². The molecule has 1 heterocycles. The summed E-state index contributed by atoms with van der Waals surface area (Å²) in [4.78, 5) is 41.8. The highest BCUT2D eigenvalue weighted by Gasteiger charge is 2.15. The van der Waals surface area contributed by atoms with Gasteiger partial charge in [0.2, 0.25) is 0 Å². The van der Waals surface area contributed by atoms with Gasteiger partial charge in [0.15, 0.2) is 5.16 Å². The lowest BCUT2D eigenvalue weighted by Gasteiger charge is -2.13. The van der Waals surface area contributed by atoms with E-state index in [0.717, 1.165) is 11.8 Å². The maximum absolute atomic E-state index is 13.3. The lowest BCUT2D eigenvalue weighted by molar-refractivity contribution is -0.118. The molecule has 0 aliphatic heterocycles. The van der Waals surface area contributed by atoms with E-state index in [4.69, 9.17) is 4.74 Å². The highest BCUT2D eigenvalue weighted by Crippen LogP contribution is 2.22. The van der Waals surface area contributed by atoms with Crippen LogP contribution in [0.15, 0.2) is 87.8 Å². The third-order valence-electron chi connectivity index (χ3n) is 5.14. The van der Waals surface area contributed by atoms with Crippen molar-refractivity contribution in [2.24, 2.45) is 5.10 Å². The molecule has 1 aromatic heterocycles. The van der Waals surface area contributed by atoms with Crippen molar-refractivity contribution < 1.29 is 19.1 Å². The Morgan fingerprint density at radius 1 is 1.03 bits per heavy atom. The van der Waals surface area contributed by atoms with Gasteiger partial charge >= 0.3 is 5.97 Å². The van der Waals surface area contributed by atoms with Crippen LogP contribution in [0.4, 0.5) is 0 Å². The van der Waals surface area contributed by atoms with E-state index in [-0.39, 0.29) is 17.2 Å². The number of esters is 1. The van der Waals surface area contributed by atoms with Crippen LogP contribution in [-0.4, -0.2) is 47.6 Å². The van der Waals surface area contributed by atoms with Crippen LogP contribution in [-0.2, 0) is 9.53 Å². The molecule has 3 aromatic carbocycles. The fourth-order valence-corrected chi connectivity index (χ4v) is 4.14. The standard InChI is InChI=1S/C26H22N4O5S/c1-34-20-13-11-19(12-14-20)30-24(32)21-5-3-4-6-22(21)28-26(30)36-16-23(31)29-27-15-17-7-9-18(10-8-17)25(33)35-2/h3-15H,16H2,1-2H3,(H,29,31). The second-order valence-corrected chi connectivity index (χ2v) is 8.39. The molecule has 182 valence electrons. The summed E-state index contributed by atoms with van der Waals surface area (Å²) in [5.74, 6) is -0.156. The van der Waals surface area contributed by atoms with Crippen molar-refractivity contribution in [3.05, 3.63) is 94.3 Å². The lowest BCUT2D eigenvalue weighted by Crippen LogP contribution is -2.24. The maximum Gasteiger partial charge on any atom is 0.337 e. The summed E-state index contributed by atoms with van der Waals surface area (Å²) in [6.07, 6.45) is 1.46. The van der Waals surface area contributed by atoms with Crippen molar-refractivity contribution >= 4 is 40.8 Å². The number of thioether (sulfide) groups is 1. The number of amides is 1. The minimum absolute atomic E-state index is 0.0143. The average Bonchev–Trinajstić information content (AvgIpc) is 2.92. The summed E-state index contributed by atoms with van der Waals surface area (Å²) in [7, 11) is 2.88. The Labute approximate surface area is 210 Å². The summed E-state index contributed by atoms with van der Waals surface area (Å²) in [6.45, 7) is 0. The molecule has 0 spiro atoms. The number of rotatable bonds is 8. The number of hydrogen-bond acceptors (Lipinski definition) is 8. The van der Waals surface area contributed by atoms with Gasteiger partial charge in [-0.2, -0.15) is 5.10 Å². The predicted molar refractivity (Wildman–Crippen MR) is 138 cm³/mol. The Morgan fingerprint density at radius 2 is 1.75 bits per heavy atom. The van der Waals surface area contributed by atoms with Gasteiger partial charge in [0.25, 0.3) is 11.5 Å². The fraction of sp³-hybridized carbons (Fsp3) is 0.115. The van der Waals surface area contributed by atoms with Gasteiger partial charge in [0.05, 0.1) is 48.3 Å². The number of carbonyl (C=O) groups is 2. The van der Waals surface area contributed by atoms with Crippen molar-refractivity contribution in [3.63, 3.8) is 0 Å². The molecule has 1 N–H and O–H groups in total. The summed E-state index contributed by atoms with van der Waals surface area (Å²) in [5.41, 5.74) is 4.49. The Hall–Kier alpha value is -4.44. The van der Waals surface area contributed by atoms with Gasteiger partial charge in [0, 0.05) is 0 Å². The smallest absolute Gasteiger partial charge is 0.337 e. The molecule has 9 nitrogen and oxygen atoms in total. The molecule has 0 bridgehead atoms. The first kappa shape index (κ1) is 24.7. The summed E-state index contributed by atoms with van der Waals surface area (Å²) >= 11 is 1.13. The van der Waals surface area contributed by atoms with E-state index in [0.29, 0.717) is 38.6 Å². The third kappa shape index (κ3) is 5.61. The molecule has 0 radical (unpaired) electrons. The molecule has 0 unspecified atom stereocenters. The second kappa shape index (κ2) is 11.3. The van der Waals surface area contributed by atoms with Gasteiger partial charge in [-0.3, -0.25) is 14.2 Å². The summed E-state index contributed by atoms with van der Waals surface area (Å²) < 4.78 is 11.4. The SMILES string of the molecule is COC(=O)c1ccc(C=NNC(=O)CSc2nc3ccccc3c(=O)n2-c2ccc(OC)cc2)cc1. The minimum atomic E-state index is -0.431. The van der Waals surface area contributed by atoms with Crippen LogP contribution in [0.1, 0.15) is 15.9 Å². The third-order valence-corrected chi connectivity index (χ3v) is 6.08. The maximum atomic E-state index is 13.3. The van der Waals surface area contributed by atoms with E-state index in [1.54, 1.807) is 79.9 Å². The number of carbonyl (C=O) groups excluding carboxylic acids is 2. The normalized spacial score (nSPS) is 10.9. The van der Waals surface area contributed by atoms with E-state index >= 15 is 0 Å². The van der Waals surface area contributed by atoms with E-state index in [1.807, 2.05) is 0 Å². The quantitative estimate of drug-likeness (QED) is 0.129. The van der Waals surface area contributed by atoms with Crippen LogP contribution in [0.5, 0.6) is 5.75 Å². The molecule has 36 heavy (non-hydrogen) atoms. The monoisotopic (exact) mass is 502 g/mol. The van der Waals surface area contributed by atoms with Gasteiger partial charge in [-0.05, 0) is 54.1 Å². The van der Waals surface area contributed by atoms with E-state index in [1.165, 1.54) is 17.9 Å². The summed E-state index contributed by atoms with van der Waals surface area (Å²) in [5, 5.41) is 4.81. The van der Waals surface area contributed by atoms with Crippen molar-refractivity contribution in [1.82, 2.24) is 15.0 Å². The highest BCUT2D eigenvalue weighted by molar-refractivity contribution is 7.99. The molecule has 0 saturated carbocycles. The van der Waals surface area contributed by atoms with Crippen LogP contribution in [0.25, 0.3) is 16.6 Å². The molecule has 0 fully saturated rings. The average molecular weight is 503 g/mol. The van der Waals surface area contributed by atoms with Gasteiger partial charge in [-0.25, -0.2) is 15.2 Å². The largest absolute Gasteiger partial charge is 0.497 e. The van der Waals surface area contributed by atoms with Crippen LogP contribution in [0.2, 0.25) is 0 Å². The Morgan fingerprint density at radius 3 is 2.44 bits per heavy atom. The zero-order valence-electron chi connectivity index (χ0n) is 19.5. The fourth-order valence-electron chi connectivity index (χ4n) is 3.33. The molecule has 1 amide bonds. The number of nitrogens with zero attached hydrogens (tertiary/aromatic N) is 3. The van der Waals surface area contributed by atoms with Gasteiger partial charge in [-0.15, -0.1) is 0 Å². The van der Waals surface area contributed by atoms with Gasteiger partial charge < -0.3 is 9.47 Å². The van der Waals surface area contributed by atoms with Crippen LogP contribution >= 0.6 is 11.8 Å². The number of hydrazone groups is 1. The molecule has 0 saturated heterocycles. The lowest BCUT2D eigenvalue weighted by atomic mass is 10.1. The molecular formula is C26H22N4O5S. The van der Waals surface area contributed by atoms with E-state index in [2.05, 4.69) is 20.2 Å². The number of benzene rings is 3. The highest BCUT2D eigenvalue weighted by atomic mass is 32.2. The number of methoxy groups -OCH3 is 2.